The first-order valence-corrected chi connectivity index (χ1v) is 5.32. The van der Waals surface area contributed by atoms with Crippen molar-refractivity contribution >= 4 is 17.5 Å². The first-order chi connectivity index (χ1) is 6.27. The summed E-state index contributed by atoms with van der Waals surface area (Å²) < 4.78 is 0. The summed E-state index contributed by atoms with van der Waals surface area (Å²) in [5.41, 5.74) is 0.771. The van der Waals surface area contributed by atoms with Crippen molar-refractivity contribution in [1.82, 2.24) is 5.32 Å². The van der Waals surface area contributed by atoms with Crippen LogP contribution in [0.4, 0.5) is 0 Å². The normalized spacial score (nSPS) is 10.0. The SMILES string of the molecule is CNCC(=O)c1ccc(SC)cc1. The lowest BCUT2D eigenvalue weighted by molar-refractivity contribution is 0.0993. The third-order valence-corrected chi connectivity index (χ3v) is 2.49. The van der Waals surface area contributed by atoms with Gasteiger partial charge in [0, 0.05) is 10.5 Å². The molecule has 0 aliphatic carbocycles. The van der Waals surface area contributed by atoms with Crippen LogP contribution < -0.4 is 5.32 Å². The third kappa shape index (κ3) is 2.86. The Kier molecular flexibility index (Phi) is 3.99. The van der Waals surface area contributed by atoms with Crippen LogP contribution in [0.15, 0.2) is 29.2 Å². The van der Waals surface area contributed by atoms with Crippen molar-refractivity contribution in [3.63, 3.8) is 0 Å². The summed E-state index contributed by atoms with van der Waals surface area (Å²) in [6, 6.07) is 7.66. The fraction of sp³-hybridized carbons (Fsp3) is 0.300. The lowest BCUT2D eigenvalue weighted by atomic mass is 10.1. The fourth-order valence-electron chi connectivity index (χ4n) is 1.04. The van der Waals surface area contributed by atoms with E-state index in [2.05, 4.69) is 5.32 Å². The number of rotatable bonds is 4. The van der Waals surface area contributed by atoms with Crippen LogP contribution in [0.3, 0.4) is 0 Å². The van der Waals surface area contributed by atoms with Gasteiger partial charge >= 0.3 is 0 Å². The molecule has 13 heavy (non-hydrogen) atoms. The molecule has 0 fully saturated rings. The van der Waals surface area contributed by atoms with Crippen LogP contribution >= 0.6 is 11.8 Å². The summed E-state index contributed by atoms with van der Waals surface area (Å²) in [6.07, 6.45) is 2.02. The minimum atomic E-state index is 0.134. The lowest BCUT2D eigenvalue weighted by Gasteiger charge is -2.00. The van der Waals surface area contributed by atoms with Crippen LogP contribution in [-0.2, 0) is 0 Å². The number of thioether (sulfide) groups is 1. The number of nitrogens with one attached hydrogen (secondary N) is 1. The van der Waals surface area contributed by atoms with E-state index in [4.69, 9.17) is 0 Å². The van der Waals surface area contributed by atoms with Crippen molar-refractivity contribution in [3.8, 4) is 0 Å². The van der Waals surface area contributed by atoms with Gasteiger partial charge in [-0.2, -0.15) is 0 Å². The second kappa shape index (κ2) is 5.04. The van der Waals surface area contributed by atoms with E-state index < -0.39 is 0 Å². The molecular formula is C10H13NOS. The Morgan fingerprint density at radius 2 is 2.00 bits per heavy atom. The number of hydrogen-bond acceptors (Lipinski definition) is 3. The van der Waals surface area contributed by atoms with E-state index in [0.717, 1.165) is 5.56 Å². The molecule has 0 aliphatic heterocycles. The number of benzene rings is 1. The zero-order valence-electron chi connectivity index (χ0n) is 7.83. The van der Waals surface area contributed by atoms with Gasteiger partial charge in [-0.05, 0) is 25.4 Å². The number of Topliss-reactive ketones (excluding diaryl/α,β-unsaturated/α-hetero) is 1. The van der Waals surface area contributed by atoms with Crippen LogP contribution in [0.25, 0.3) is 0 Å². The van der Waals surface area contributed by atoms with Crippen molar-refractivity contribution in [2.24, 2.45) is 0 Å². The second-order valence-electron chi connectivity index (χ2n) is 2.68. The molecule has 0 aliphatic rings. The Bertz CT molecular complexity index is 281. The van der Waals surface area contributed by atoms with Gasteiger partial charge in [0.25, 0.3) is 0 Å². The van der Waals surface area contributed by atoms with Gasteiger partial charge in [-0.1, -0.05) is 12.1 Å². The summed E-state index contributed by atoms with van der Waals surface area (Å²) in [5, 5.41) is 2.84. The van der Waals surface area contributed by atoms with E-state index >= 15 is 0 Å². The van der Waals surface area contributed by atoms with Gasteiger partial charge < -0.3 is 5.32 Å². The third-order valence-electron chi connectivity index (χ3n) is 1.75. The average molecular weight is 195 g/mol. The summed E-state index contributed by atoms with van der Waals surface area (Å²) in [4.78, 5) is 12.6. The summed E-state index contributed by atoms with van der Waals surface area (Å²) >= 11 is 1.68. The standard InChI is InChI=1S/C10H13NOS/c1-11-7-10(12)8-3-5-9(13-2)6-4-8/h3-6,11H,7H2,1-2H3. The average Bonchev–Trinajstić information content (AvgIpc) is 2.18. The summed E-state index contributed by atoms with van der Waals surface area (Å²) in [7, 11) is 1.77. The Morgan fingerprint density at radius 3 is 2.46 bits per heavy atom. The molecule has 0 atom stereocenters. The second-order valence-corrected chi connectivity index (χ2v) is 3.56. The molecule has 1 rings (SSSR count). The number of carbonyl (C=O) groups is 1. The molecule has 0 spiro atoms. The molecule has 70 valence electrons. The minimum Gasteiger partial charge on any atom is -0.313 e. The van der Waals surface area contributed by atoms with Gasteiger partial charge in [0.2, 0.25) is 0 Å². The van der Waals surface area contributed by atoms with Crippen LogP contribution in [0.1, 0.15) is 10.4 Å². The molecule has 0 amide bonds. The quantitative estimate of drug-likeness (QED) is 0.587. The number of likely N-dealkylation sites (N-methyl/N-ethyl adjacent to an activating group) is 1. The highest BCUT2D eigenvalue weighted by Crippen LogP contribution is 2.14. The fourth-order valence-corrected chi connectivity index (χ4v) is 1.45. The first-order valence-electron chi connectivity index (χ1n) is 4.09. The molecule has 0 aromatic heterocycles. The van der Waals surface area contributed by atoms with Gasteiger partial charge in [0.1, 0.15) is 0 Å². The zero-order chi connectivity index (χ0) is 9.68. The largest absolute Gasteiger partial charge is 0.313 e. The Morgan fingerprint density at radius 1 is 1.38 bits per heavy atom. The van der Waals surface area contributed by atoms with Gasteiger partial charge in [-0.15, -0.1) is 11.8 Å². The lowest BCUT2D eigenvalue weighted by Crippen LogP contribution is -2.18. The van der Waals surface area contributed by atoms with Crippen LogP contribution in [0.5, 0.6) is 0 Å². The molecule has 1 N–H and O–H groups in total. The predicted molar refractivity (Wildman–Crippen MR) is 56.5 cm³/mol. The zero-order valence-corrected chi connectivity index (χ0v) is 8.65. The van der Waals surface area contributed by atoms with E-state index in [0.29, 0.717) is 6.54 Å². The van der Waals surface area contributed by atoms with Gasteiger partial charge in [0.15, 0.2) is 5.78 Å². The number of ketones is 1. The summed E-state index contributed by atoms with van der Waals surface area (Å²) in [5.74, 6) is 0.134. The van der Waals surface area contributed by atoms with E-state index in [1.165, 1.54) is 4.90 Å². The number of hydrogen-bond donors (Lipinski definition) is 1. The molecule has 0 saturated heterocycles. The Hall–Kier alpha value is -0.800. The van der Waals surface area contributed by atoms with Crippen LogP contribution in [-0.4, -0.2) is 25.6 Å². The summed E-state index contributed by atoms with van der Waals surface area (Å²) in [6.45, 7) is 0.401. The number of carbonyl (C=O) groups excluding carboxylic acids is 1. The molecule has 0 bridgehead atoms. The van der Waals surface area contributed by atoms with E-state index in [9.17, 15) is 4.79 Å². The molecule has 0 radical (unpaired) electrons. The highest BCUT2D eigenvalue weighted by Gasteiger charge is 2.02. The molecule has 0 heterocycles. The molecule has 0 saturated carbocycles. The smallest absolute Gasteiger partial charge is 0.176 e. The monoisotopic (exact) mass is 195 g/mol. The maximum atomic E-state index is 11.4. The molecule has 1 aromatic carbocycles. The predicted octanol–water partition coefficient (Wildman–Crippen LogP) is 1.81. The van der Waals surface area contributed by atoms with Gasteiger partial charge in [0.05, 0.1) is 6.54 Å². The van der Waals surface area contributed by atoms with Crippen molar-refractivity contribution in [2.45, 2.75) is 4.90 Å². The van der Waals surface area contributed by atoms with Crippen molar-refractivity contribution < 1.29 is 4.79 Å². The van der Waals surface area contributed by atoms with E-state index in [1.54, 1.807) is 18.8 Å². The van der Waals surface area contributed by atoms with Gasteiger partial charge in [-0.25, -0.2) is 0 Å². The molecular weight excluding hydrogens is 182 g/mol. The van der Waals surface area contributed by atoms with Crippen molar-refractivity contribution in [3.05, 3.63) is 29.8 Å². The highest BCUT2D eigenvalue weighted by molar-refractivity contribution is 7.98. The van der Waals surface area contributed by atoms with Crippen LogP contribution in [0.2, 0.25) is 0 Å². The molecule has 2 nitrogen and oxygen atoms in total. The molecule has 3 heteroatoms. The maximum Gasteiger partial charge on any atom is 0.176 e. The van der Waals surface area contributed by atoms with Crippen molar-refractivity contribution in [1.29, 1.82) is 0 Å². The molecule has 0 unspecified atom stereocenters. The minimum absolute atomic E-state index is 0.134. The highest BCUT2D eigenvalue weighted by atomic mass is 32.2. The van der Waals surface area contributed by atoms with E-state index in [1.807, 2.05) is 30.5 Å². The topological polar surface area (TPSA) is 29.1 Å². The molecule has 1 aromatic rings. The van der Waals surface area contributed by atoms with Gasteiger partial charge in [-0.3, -0.25) is 4.79 Å². The Balaban J connectivity index is 2.74. The van der Waals surface area contributed by atoms with Crippen LogP contribution in [0, 0.1) is 0 Å². The van der Waals surface area contributed by atoms with E-state index in [-0.39, 0.29) is 5.78 Å². The first kappa shape index (κ1) is 10.3. The van der Waals surface area contributed by atoms with Crippen molar-refractivity contribution in [2.75, 3.05) is 19.8 Å². The maximum absolute atomic E-state index is 11.4. The Labute approximate surface area is 82.7 Å².